The number of ether oxygens (including phenoxy) is 1. The molecule has 0 aliphatic carbocycles. The lowest BCUT2D eigenvalue weighted by Gasteiger charge is -2.05. The molecule has 1 saturated heterocycles. The van der Waals surface area contributed by atoms with Crippen LogP contribution < -0.4 is 5.32 Å². The molecule has 10 heavy (non-hydrogen) atoms. The fourth-order valence-corrected chi connectivity index (χ4v) is 0.942. The van der Waals surface area contributed by atoms with Gasteiger partial charge in [0, 0.05) is 0 Å². The van der Waals surface area contributed by atoms with Crippen LogP contribution in [0.3, 0.4) is 0 Å². The van der Waals surface area contributed by atoms with Gasteiger partial charge in [-0.25, -0.2) is 4.79 Å². The Kier molecular flexibility index (Phi) is 1.94. The van der Waals surface area contributed by atoms with Crippen LogP contribution in [0.15, 0.2) is 12.2 Å². The van der Waals surface area contributed by atoms with E-state index in [0.717, 1.165) is 0 Å². The molecule has 0 aromatic rings. The van der Waals surface area contributed by atoms with Crippen LogP contribution in [0, 0.1) is 0 Å². The molecule has 2 unspecified atom stereocenters. The van der Waals surface area contributed by atoms with E-state index in [2.05, 4.69) is 5.32 Å². The summed E-state index contributed by atoms with van der Waals surface area (Å²) >= 11 is 0. The Bertz CT molecular complexity index is 165. The minimum atomic E-state index is -0.324. The molecule has 0 spiro atoms. The molecule has 0 radical (unpaired) electrons. The third kappa shape index (κ3) is 1.29. The van der Waals surface area contributed by atoms with Gasteiger partial charge in [-0.15, -0.1) is 0 Å². The van der Waals surface area contributed by atoms with E-state index in [9.17, 15) is 4.79 Å². The number of hydrogen-bond acceptors (Lipinski definition) is 2. The fraction of sp³-hybridized carbons (Fsp3) is 0.571. The number of carbonyl (C=O) groups excluding carboxylic acids is 1. The lowest BCUT2D eigenvalue weighted by atomic mass is 10.2. The van der Waals surface area contributed by atoms with Crippen molar-refractivity contribution in [2.45, 2.75) is 26.0 Å². The molecule has 0 aromatic heterocycles. The number of carbonyl (C=O) groups is 1. The van der Waals surface area contributed by atoms with E-state index in [-0.39, 0.29) is 18.2 Å². The monoisotopic (exact) mass is 141 g/mol. The number of amides is 1. The van der Waals surface area contributed by atoms with Crippen LogP contribution in [0.4, 0.5) is 4.79 Å². The number of hydrogen-bond donors (Lipinski definition) is 1. The summed E-state index contributed by atoms with van der Waals surface area (Å²) in [5.41, 5.74) is 0. The normalized spacial score (nSPS) is 32.4. The van der Waals surface area contributed by atoms with Gasteiger partial charge in [-0.3, -0.25) is 0 Å². The average molecular weight is 141 g/mol. The summed E-state index contributed by atoms with van der Waals surface area (Å²) < 4.78 is 4.83. The molecule has 1 N–H and O–H groups in total. The van der Waals surface area contributed by atoms with Crippen molar-refractivity contribution in [3.8, 4) is 0 Å². The van der Waals surface area contributed by atoms with E-state index in [1.165, 1.54) is 0 Å². The van der Waals surface area contributed by atoms with Crippen molar-refractivity contribution in [1.29, 1.82) is 0 Å². The summed E-state index contributed by atoms with van der Waals surface area (Å²) in [5, 5.41) is 2.66. The van der Waals surface area contributed by atoms with Gasteiger partial charge < -0.3 is 10.1 Å². The molecule has 2 atom stereocenters. The maximum atomic E-state index is 10.6. The zero-order valence-corrected chi connectivity index (χ0v) is 6.13. The highest BCUT2D eigenvalue weighted by atomic mass is 16.6. The summed E-state index contributed by atoms with van der Waals surface area (Å²) in [4.78, 5) is 10.6. The molecule has 1 amide bonds. The lowest BCUT2D eigenvalue weighted by molar-refractivity contribution is 0.144. The van der Waals surface area contributed by atoms with E-state index in [1.807, 2.05) is 26.0 Å². The van der Waals surface area contributed by atoms with Crippen LogP contribution >= 0.6 is 0 Å². The first kappa shape index (κ1) is 7.12. The van der Waals surface area contributed by atoms with E-state index in [1.54, 1.807) is 0 Å². The molecule has 1 fully saturated rings. The van der Waals surface area contributed by atoms with Gasteiger partial charge >= 0.3 is 6.09 Å². The third-order valence-corrected chi connectivity index (χ3v) is 1.48. The number of nitrogens with one attached hydrogen (secondary N) is 1. The topological polar surface area (TPSA) is 38.3 Å². The molecule has 1 rings (SSSR count). The minimum Gasteiger partial charge on any atom is -0.444 e. The second kappa shape index (κ2) is 2.73. The molecule has 56 valence electrons. The quantitative estimate of drug-likeness (QED) is 0.554. The molecular weight excluding hydrogens is 130 g/mol. The molecule has 1 aliphatic heterocycles. The molecule has 1 aliphatic rings. The first-order valence-corrected chi connectivity index (χ1v) is 3.34. The largest absolute Gasteiger partial charge is 0.444 e. The zero-order chi connectivity index (χ0) is 7.56. The van der Waals surface area contributed by atoms with Crippen molar-refractivity contribution < 1.29 is 9.53 Å². The Labute approximate surface area is 60.1 Å². The summed E-state index contributed by atoms with van der Waals surface area (Å²) in [5.74, 6) is 0. The summed E-state index contributed by atoms with van der Waals surface area (Å²) in [6.07, 6.45) is 3.45. The van der Waals surface area contributed by atoms with Gasteiger partial charge in [0.05, 0.1) is 6.04 Å². The van der Waals surface area contributed by atoms with Crippen molar-refractivity contribution in [2.75, 3.05) is 0 Å². The SMILES string of the molecule is C/C=C\C1NC(=O)OC1C. The Morgan fingerprint density at radius 2 is 2.40 bits per heavy atom. The average Bonchev–Trinajstić information content (AvgIpc) is 2.13. The van der Waals surface area contributed by atoms with E-state index >= 15 is 0 Å². The summed E-state index contributed by atoms with van der Waals surface area (Å²) in [7, 11) is 0. The lowest BCUT2D eigenvalue weighted by Crippen LogP contribution is -2.27. The highest BCUT2D eigenvalue weighted by Crippen LogP contribution is 2.08. The summed E-state index contributed by atoms with van der Waals surface area (Å²) in [6.45, 7) is 3.78. The second-order valence-electron chi connectivity index (χ2n) is 2.31. The van der Waals surface area contributed by atoms with Crippen LogP contribution in [0.1, 0.15) is 13.8 Å². The van der Waals surface area contributed by atoms with Gasteiger partial charge in [0.25, 0.3) is 0 Å². The molecule has 0 aromatic carbocycles. The highest BCUT2D eigenvalue weighted by Gasteiger charge is 2.27. The van der Waals surface area contributed by atoms with Crippen molar-refractivity contribution in [3.63, 3.8) is 0 Å². The van der Waals surface area contributed by atoms with E-state index < -0.39 is 0 Å². The van der Waals surface area contributed by atoms with Gasteiger partial charge in [0.15, 0.2) is 0 Å². The number of cyclic esters (lactones) is 1. The van der Waals surface area contributed by atoms with Gasteiger partial charge in [0.2, 0.25) is 0 Å². The van der Waals surface area contributed by atoms with Crippen LogP contribution in [0.5, 0.6) is 0 Å². The molecular formula is C7H11NO2. The first-order valence-electron chi connectivity index (χ1n) is 3.34. The fourth-order valence-electron chi connectivity index (χ4n) is 0.942. The van der Waals surface area contributed by atoms with Gasteiger partial charge in [-0.05, 0) is 13.8 Å². The number of alkyl carbamates (subject to hydrolysis) is 1. The predicted octanol–water partition coefficient (Wildman–Crippen LogP) is 1.06. The Morgan fingerprint density at radius 3 is 2.80 bits per heavy atom. The number of rotatable bonds is 1. The van der Waals surface area contributed by atoms with Crippen LogP contribution in [0.25, 0.3) is 0 Å². The predicted molar refractivity (Wildman–Crippen MR) is 37.7 cm³/mol. The Hall–Kier alpha value is -0.990. The van der Waals surface area contributed by atoms with Gasteiger partial charge in [-0.1, -0.05) is 12.2 Å². The van der Waals surface area contributed by atoms with Crippen molar-refractivity contribution in [3.05, 3.63) is 12.2 Å². The highest BCUT2D eigenvalue weighted by molar-refractivity contribution is 5.70. The van der Waals surface area contributed by atoms with E-state index in [0.29, 0.717) is 0 Å². The van der Waals surface area contributed by atoms with Crippen molar-refractivity contribution >= 4 is 6.09 Å². The molecule has 3 heteroatoms. The minimum absolute atomic E-state index is 0.0382. The second-order valence-corrected chi connectivity index (χ2v) is 2.31. The first-order chi connectivity index (χ1) is 4.74. The third-order valence-electron chi connectivity index (χ3n) is 1.48. The maximum Gasteiger partial charge on any atom is 0.408 e. The Morgan fingerprint density at radius 1 is 1.70 bits per heavy atom. The van der Waals surface area contributed by atoms with Gasteiger partial charge in [0.1, 0.15) is 6.10 Å². The van der Waals surface area contributed by atoms with Crippen LogP contribution in [-0.4, -0.2) is 18.2 Å². The van der Waals surface area contributed by atoms with Crippen LogP contribution in [-0.2, 0) is 4.74 Å². The standard InChI is InChI=1S/C7H11NO2/c1-3-4-6-5(2)10-7(9)8-6/h3-6H,1-2H3,(H,8,9)/b4-3-. The molecule has 0 saturated carbocycles. The summed E-state index contributed by atoms with van der Waals surface area (Å²) in [6, 6.07) is 0.0532. The molecule has 3 nitrogen and oxygen atoms in total. The maximum absolute atomic E-state index is 10.6. The molecule has 1 heterocycles. The van der Waals surface area contributed by atoms with Crippen molar-refractivity contribution in [2.24, 2.45) is 0 Å². The molecule has 0 bridgehead atoms. The van der Waals surface area contributed by atoms with Crippen molar-refractivity contribution in [1.82, 2.24) is 5.32 Å². The van der Waals surface area contributed by atoms with Crippen LogP contribution in [0.2, 0.25) is 0 Å². The van der Waals surface area contributed by atoms with Gasteiger partial charge in [-0.2, -0.15) is 0 Å². The smallest absolute Gasteiger partial charge is 0.408 e. The number of allylic oxidation sites excluding steroid dienone is 1. The zero-order valence-electron chi connectivity index (χ0n) is 6.13. The Balaban J connectivity index is 2.54. The van der Waals surface area contributed by atoms with E-state index in [4.69, 9.17) is 4.74 Å².